The fourth-order valence-corrected chi connectivity index (χ4v) is 3.72. The lowest BCUT2D eigenvalue weighted by molar-refractivity contribution is -0.120. The number of hydrogen-bond donors (Lipinski definition) is 2. The van der Waals surface area contributed by atoms with E-state index in [1.807, 2.05) is 0 Å². The van der Waals surface area contributed by atoms with Crippen LogP contribution in [-0.2, 0) is 21.4 Å². The number of amides is 2. The zero-order chi connectivity index (χ0) is 24.7. The molecule has 2 amide bonds. The minimum Gasteiger partial charge on any atom is -0.439 e. The highest BCUT2D eigenvalue weighted by atomic mass is 32.2. The Balaban J connectivity index is 1.52. The lowest BCUT2D eigenvalue weighted by Gasteiger charge is -2.12. The van der Waals surface area contributed by atoms with Crippen LogP contribution in [0.15, 0.2) is 71.8 Å². The van der Waals surface area contributed by atoms with E-state index >= 15 is 0 Å². The van der Waals surface area contributed by atoms with Crippen molar-refractivity contribution in [3.63, 3.8) is 0 Å². The van der Waals surface area contributed by atoms with Gasteiger partial charge in [-0.2, -0.15) is 0 Å². The summed E-state index contributed by atoms with van der Waals surface area (Å²) in [5, 5.41) is 5.13. The van der Waals surface area contributed by atoms with Crippen LogP contribution < -0.4 is 15.4 Å². The number of benzene rings is 2. The molecule has 0 bridgehead atoms. The molecule has 0 aliphatic heterocycles. The van der Waals surface area contributed by atoms with Gasteiger partial charge in [0.05, 0.1) is 11.4 Å². The molecule has 0 unspecified atom stereocenters. The van der Waals surface area contributed by atoms with Crippen molar-refractivity contribution in [3.05, 3.63) is 83.8 Å². The average Bonchev–Trinajstić information content (AvgIpc) is 2.83. The molecule has 9 nitrogen and oxygen atoms in total. The molecule has 0 aliphatic rings. The van der Waals surface area contributed by atoms with Gasteiger partial charge in [-0.05, 0) is 54.1 Å². The Morgan fingerprint density at radius 1 is 1.03 bits per heavy atom. The molecule has 3 aromatic rings. The van der Waals surface area contributed by atoms with Crippen LogP contribution in [0.3, 0.4) is 0 Å². The normalized spacial score (nSPS) is 11.2. The van der Waals surface area contributed by atoms with Crippen LogP contribution in [-0.4, -0.2) is 50.2 Å². The van der Waals surface area contributed by atoms with Gasteiger partial charge in [-0.15, -0.1) is 0 Å². The summed E-state index contributed by atoms with van der Waals surface area (Å²) in [4.78, 5) is 28.6. The Bertz CT molecular complexity index is 1280. The Morgan fingerprint density at radius 3 is 2.47 bits per heavy atom. The van der Waals surface area contributed by atoms with Crippen LogP contribution >= 0.6 is 0 Å². The highest BCUT2D eigenvalue weighted by molar-refractivity contribution is 7.89. The predicted octanol–water partition coefficient (Wildman–Crippen LogP) is 2.31. The predicted molar refractivity (Wildman–Crippen MR) is 122 cm³/mol. The molecule has 2 N–H and O–H groups in total. The summed E-state index contributed by atoms with van der Waals surface area (Å²) in [6.07, 6.45) is 1.51. The van der Waals surface area contributed by atoms with Crippen LogP contribution in [0, 0.1) is 5.82 Å². The Morgan fingerprint density at radius 2 is 1.76 bits per heavy atom. The summed E-state index contributed by atoms with van der Waals surface area (Å²) in [6, 6.07) is 14.4. The van der Waals surface area contributed by atoms with Gasteiger partial charge in [0.1, 0.15) is 11.6 Å². The third-order valence-electron chi connectivity index (χ3n) is 4.61. The number of halogens is 1. The number of hydrogen-bond acceptors (Lipinski definition) is 6. The van der Waals surface area contributed by atoms with E-state index in [1.54, 1.807) is 12.1 Å². The summed E-state index contributed by atoms with van der Waals surface area (Å²) < 4.78 is 44.1. The zero-order valence-electron chi connectivity index (χ0n) is 18.5. The number of carbonyl (C=O) groups is 2. The van der Waals surface area contributed by atoms with E-state index in [9.17, 15) is 22.4 Å². The van der Waals surface area contributed by atoms with E-state index in [-0.39, 0.29) is 35.2 Å². The van der Waals surface area contributed by atoms with Gasteiger partial charge in [-0.25, -0.2) is 22.1 Å². The average molecular weight is 487 g/mol. The fraction of sp³-hybridized carbons (Fsp3) is 0.174. The summed E-state index contributed by atoms with van der Waals surface area (Å²) in [6.45, 7) is -0.138. The van der Waals surface area contributed by atoms with Crippen LogP contribution in [0.1, 0.15) is 15.9 Å². The second-order valence-electron chi connectivity index (χ2n) is 7.33. The number of sulfonamides is 1. The molecule has 11 heteroatoms. The largest absolute Gasteiger partial charge is 0.439 e. The summed E-state index contributed by atoms with van der Waals surface area (Å²) >= 11 is 0. The van der Waals surface area contributed by atoms with Gasteiger partial charge in [0.15, 0.2) is 0 Å². The summed E-state index contributed by atoms with van der Waals surface area (Å²) in [5.74, 6) is -0.706. The molecular formula is C23H23FN4O5S. The van der Waals surface area contributed by atoms with Gasteiger partial charge in [-0.1, -0.05) is 6.07 Å². The molecule has 0 spiro atoms. The third-order valence-corrected chi connectivity index (χ3v) is 6.42. The maximum atomic E-state index is 13.0. The maximum Gasteiger partial charge on any atom is 0.251 e. The van der Waals surface area contributed by atoms with Crippen LogP contribution in [0.2, 0.25) is 0 Å². The summed E-state index contributed by atoms with van der Waals surface area (Å²) in [5.41, 5.74) is 0.820. The van der Waals surface area contributed by atoms with E-state index in [2.05, 4.69) is 15.6 Å². The quantitative estimate of drug-likeness (QED) is 0.479. The molecule has 1 heterocycles. The molecule has 1 aromatic heterocycles. The minimum absolute atomic E-state index is 0.0223. The van der Waals surface area contributed by atoms with Crippen molar-refractivity contribution < 1.29 is 27.1 Å². The molecule has 0 atom stereocenters. The van der Waals surface area contributed by atoms with Crippen molar-refractivity contribution in [1.29, 1.82) is 0 Å². The van der Waals surface area contributed by atoms with Gasteiger partial charge >= 0.3 is 0 Å². The molecule has 2 aromatic carbocycles. The smallest absolute Gasteiger partial charge is 0.251 e. The lowest BCUT2D eigenvalue weighted by atomic mass is 10.2. The van der Waals surface area contributed by atoms with Gasteiger partial charge < -0.3 is 15.4 Å². The first-order valence-corrected chi connectivity index (χ1v) is 11.5. The topological polar surface area (TPSA) is 118 Å². The Labute approximate surface area is 196 Å². The molecule has 3 rings (SSSR count). The standard InChI is InChI=1S/C23H23FN4O5S/c1-28(2)34(31,32)20-5-3-4-17(13-20)23(30)27-15-21(29)26-14-16-10-11-25-22(12-16)33-19-8-6-18(24)7-9-19/h3-13H,14-15H2,1-2H3,(H,26,29)(H,27,30). The molecular weight excluding hydrogens is 463 g/mol. The van der Waals surface area contributed by atoms with Crippen molar-refractivity contribution in [2.24, 2.45) is 0 Å². The Kier molecular flexibility index (Phi) is 7.92. The highest BCUT2D eigenvalue weighted by Gasteiger charge is 2.19. The minimum atomic E-state index is -3.69. The monoisotopic (exact) mass is 486 g/mol. The van der Waals surface area contributed by atoms with Gasteiger partial charge in [0.25, 0.3) is 5.91 Å². The number of carbonyl (C=O) groups excluding carboxylic acids is 2. The molecule has 0 aliphatic carbocycles. The number of pyridine rings is 1. The number of rotatable bonds is 9. The van der Waals surface area contributed by atoms with Crippen molar-refractivity contribution in [2.75, 3.05) is 20.6 Å². The zero-order valence-corrected chi connectivity index (χ0v) is 19.3. The Hall–Kier alpha value is -3.83. The second kappa shape index (κ2) is 10.9. The van der Waals surface area contributed by atoms with Crippen molar-refractivity contribution in [2.45, 2.75) is 11.4 Å². The molecule has 0 saturated carbocycles. The third kappa shape index (κ3) is 6.59. The van der Waals surface area contributed by atoms with Crippen LogP contribution in [0.4, 0.5) is 4.39 Å². The van der Waals surface area contributed by atoms with Crippen molar-refractivity contribution in [1.82, 2.24) is 19.9 Å². The van der Waals surface area contributed by atoms with Gasteiger partial charge in [0, 0.05) is 38.5 Å². The highest BCUT2D eigenvalue weighted by Crippen LogP contribution is 2.20. The summed E-state index contributed by atoms with van der Waals surface area (Å²) in [7, 11) is -0.895. The molecule has 0 radical (unpaired) electrons. The first-order valence-electron chi connectivity index (χ1n) is 10.1. The van der Waals surface area contributed by atoms with Gasteiger partial charge in [-0.3, -0.25) is 9.59 Å². The molecule has 0 fully saturated rings. The van der Waals surface area contributed by atoms with Crippen molar-refractivity contribution in [3.8, 4) is 11.6 Å². The molecule has 0 saturated heterocycles. The maximum absolute atomic E-state index is 13.0. The number of ether oxygens (including phenoxy) is 1. The second-order valence-corrected chi connectivity index (χ2v) is 9.48. The molecule has 178 valence electrons. The number of nitrogens with one attached hydrogen (secondary N) is 2. The SMILES string of the molecule is CN(C)S(=O)(=O)c1cccc(C(=O)NCC(=O)NCc2ccnc(Oc3ccc(F)cc3)c2)c1. The number of aromatic nitrogens is 1. The van der Waals surface area contributed by atoms with Gasteiger partial charge in [0.2, 0.25) is 21.8 Å². The first-order chi connectivity index (χ1) is 16.1. The van der Waals surface area contributed by atoms with Crippen LogP contribution in [0.25, 0.3) is 0 Å². The van der Waals surface area contributed by atoms with E-state index in [0.29, 0.717) is 11.3 Å². The van der Waals surface area contributed by atoms with E-state index < -0.39 is 21.8 Å². The number of nitrogens with zero attached hydrogens (tertiary/aromatic N) is 2. The lowest BCUT2D eigenvalue weighted by Crippen LogP contribution is -2.36. The van der Waals surface area contributed by atoms with E-state index in [1.165, 1.54) is 68.8 Å². The fourth-order valence-electron chi connectivity index (χ4n) is 2.77. The first kappa shape index (κ1) is 24.8. The molecule has 34 heavy (non-hydrogen) atoms. The van der Waals surface area contributed by atoms with E-state index in [0.717, 1.165) is 4.31 Å². The van der Waals surface area contributed by atoms with Crippen LogP contribution in [0.5, 0.6) is 11.6 Å². The van der Waals surface area contributed by atoms with E-state index in [4.69, 9.17) is 4.74 Å². The van der Waals surface area contributed by atoms with Crippen molar-refractivity contribution >= 4 is 21.8 Å².